The zero-order valence-electron chi connectivity index (χ0n) is 10.0. The molecule has 0 aromatic rings. The highest BCUT2D eigenvalue weighted by Crippen LogP contribution is 2.12. The van der Waals surface area contributed by atoms with Gasteiger partial charge in [-0.05, 0) is 19.9 Å². The molecule has 1 rings (SSSR count). The summed E-state index contributed by atoms with van der Waals surface area (Å²) in [5.41, 5.74) is 0. The van der Waals surface area contributed by atoms with Gasteiger partial charge < -0.3 is 10.6 Å². The van der Waals surface area contributed by atoms with Crippen molar-refractivity contribution in [1.82, 2.24) is 15.5 Å². The molecule has 1 aliphatic heterocycles. The van der Waals surface area contributed by atoms with Crippen LogP contribution in [0.2, 0.25) is 0 Å². The monoisotopic (exact) mass is 199 g/mol. The van der Waals surface area contributed by atoms with E-state index in [9.17, 15) is 0 Å². The molecule has 0 bridgehead atoms. The summed E-state index contributed by atoms with van der Waals surface area (Å²) in [5, 5.41) is 6.83. The van der Waals surface area contributed by atoms with Gasteiger partial charge in [0.05, 0.1) is 0 Å². The first-order valence-corrected chi connectivity index (χ1v) is 5.79. The second-order valence-corrected chi connectivity index (χ2v) is 4.59. The van der Waals surface area contributed by atoms with Crippen LogP contribution >= 0.6 is 0 Å². The van der Waals surface area contributed by atoms with Crippen molar-refractivity contribution in [2.45, 2.75) is 32.9 Å². The molecule has 14 heavy (non-hydrogen) atoms. The third-order valence-corrected chi connectivity index (χ3v) is 3.30. The largest absolute Gasteiger partial charge is 0.315 e. The molecule has 0 aromatic carbocycles. The Morgan fingerprint density at radius 3 is 2.14 bits per heavy atom. The van der Waals surface area contributed by atoms with Crippen LogP contribution in [0.1, 0.15) is 20.8 Å². The number of piperazine rings is 1. The molecular formula is C11H25N3. The number of rotatable bonds is 4. The molecular weight excluding hydrogens is 174 g/mol. The molecule has 0 aromatic heterocycles. The molecule has 0 radical (unpaired) electrons. The summed E-state index contributed by atoms with van der Waals surface area (Å²) in [7, 11) is 2.07. The Balaban J connectivity index is 2.47. The molecule has 2 N–H and O–H groups in total. The smallest absolute Gasteiger partial charge is 0.0240 e. The summed E-state index contributed by atoms with van der Waals surface area (Å²) < 4.78 is 0. The Morgan fingerprint density at radius 2 is 1.71 bits per heavy atom. The van der Waals surface area contributed by atoms with Crippen molar-refractivity contribution < 1.29 is 0 Å². The van der Waals surface area contributed by atoms with Crippen molar-refractivity contribution in [3.05, 3.63) is 0 Å². The summed E-state index contributed by atoms with van der Waals surface area (Å²) in [6.45, 7) is 11.6. The van der Waals surface area contributed by atoms with E-state index < -0.39 is 0 Å². The van der Waals surface area contributed by atoms with Crippen LogP contribution in [-0.4, -0.2) is 50.2 Å². The van der Waals surface area contributed by atoms with E-state index in [1.165, 1.54) is 13.1 Å². The van der Waals surface area contributed by atoms with Crippen LogP contribution in [-0.2, 0) is 0 Å². The van der Waals surface area contributed by atoms with Gasteiger partial charge in [0, 0.05) is 38.3 Å². The Labute approximate surface area is 88.2 Å². The lowest BCUT2D eigenvalue weighted by atomic mass is 9.96. The summed E-state index contributed by atoms with van der Waals surface area (Å²) in [4.78, 5) is 2.58. The van der Waals surface area contributed by atoms with Gasteiger partial charge >= 0.3 is 0 Å². The summed E-state index contributed by atoms with van der Waals surface area (Å²) >= 11 is 0. The highest BCUT2D eigenvalue weighted by Gasteiger charge is 2.25. The van der Waals surface area contributed by atoms with Gasteiger partial charge in [0.15, 0.2) is 0 Å². The maximum atomic E-state index is 3.44. The molecule has 1 heterocycles. The number of nitrogens with one attached hydrogen (secondary N) is 2. The van der Waals surface area contributed by atoms with Crippen molar-refractivity contribution in [2.75, 3.05) is 33.2 Å². The van der Waals surface area contributed by atoms with Crippen LogP contribution in [0.4, 0.5) is 0 Å². The number of likely N-dealkylation sites (N-methyl/N-ethyl adjacent to an activating group) is 1. The number of nitrogens with zero attached hydrogens (tertiary/aromatic N) is 1. The lowest BCUT2D eigenvalue weighted by molar-refractivity contribution is 0.135. The maximum Gasteiger partial charge on any atom is 0.0240 e. The second kappa shape index (κ2) is 5.69. The fourth-order valence-corrected chi connectivity index (χ4v) is 2.45. The zero-order chi connectivity index (χ0) is 10.6. The maximum absolute atomic E-state index is 3.44. The van der Waals surface area contributed by atoms with Crippen LogP contribution in [0.15, 0.2) is 0 Å². The number of hydrogen-bond donors (Lipinski definition) is 2. The predicted molar refractivity (Wildman–Crippen MR) is 61.6 cm³/mol. The Morgan fingerprint density at radius 1 is 1.14 bits per heavy atom. The van der Waals surface area contributed by atoms with E-state index in [0.29, 0.717) is 18.0 Å². The highest BCUT2D eigenvalue weighted by molar-refractivity contribution is 4.84. The predicted octanol–water partition coefficient (Wildman–Crippen LogP) is 0.524. The van der Waals surface area contributed by atoms with Crippen LogP contribution in [0, 0.1) is 5.92 Å². The van der Waals surface area contributed by atoms with Gasteiger partial charge in [-0.3, -0.25) is 4.90 Å². The zero-order valence-corrected chi connectivity index (χ0v) is 10.0. The highest BCUT2D eigenvalue weighted by atomic mass is 15.2. The fourth-order valence-electron chi connectivity index (χ4n) is 2.45. The molecule has 2 atom stereocenters. The van der Waals surface area contributed by atoms with Gasteiger partial charge in [-0.1, -0.05) is 13.8 Å². The van der Waals surface area contributed by atoms with E-state index in [1.807, 2.05) is 0 Å². The first-order valence-electron chi connectivity index (χ1n) is 5.79. The Hall–Kier alpha value is -0.120. The van der Waals surface area contributed by atoms with E-state index >= 15 is 0 Å². The second-order valence-electron chi connectivity index (χ2n) is 4.59. The van der Waals surface area contributed by atoms with Crippen LogP contribution in [0.25, 0.3) is 0 Å². The van der Waals surface area contributed by atoms with Gasteiger partial charge in [-0.15, -0.1) is 0 Å². The average molecular weight is 199 g/mol. The van der Waals surface area contributed by atoms with Crippen molar-refractivity contribution in [3.8, 4) is 0 Å². The molecule has 0 aliphatic carbocycles. The van der Waals surface area contributed by atoms with E-state index in [0.717, 1.165) is 13.1 Å². The Kier molecular flexibility index (Phi) is 4.85. The molecule has 0 amide bonds. The van der Waals surface area contributed by atoms with E-state index in [1.54, 1.807) is 0 Å². The SMILES string of the molecule is CNC(C(C)C)C(C)N1CCNCC1. The van der Waals surface area contributed by atoms with Crippen molar-refractivity contribution in [1.29, 1.82) is 0 Å². The van der Waals surface area contributed by atoms with Gasteiger partial charge in [-0.2, -0.15) is 0 Å². The Bertz CT molecular complexity index is 153. The lowest BCUT2D eigenvalue weighted by Gasteiger charge is -2.38. The summed E-state index contributed by atoms with van der Waals surface area (Å²) in [6, 6.07) is 1.25. The van der Waals surface area contributed by atoms with E-state index in [4.69, 9.17) is 0 Å². The fraction of sp³-hybridized carbons (Fsp3) is 1.00. The minimum Gasteiger partial charge on any atom is -0.315 e. The van der Waals surface area contributed by atoms with Gasteiger partial charge in [-0.25, -0.2) is 0 Å². The molecule has 84 valence electrons. The van der Waals surface area contributed by atoms with Gasteiger partial charge in [0.2, 0.25) is 0 Å². The summed E-state index contributed by atoms with van der Waals surface area (Å²) in [5.74, 6) is 0.699. The third kappa shape index (κ3) is 2.94. The molecule has 3 heteroatoms. The molecule has 1 saturated heterocycles. The van der Waals surface area contributed by atoms with E-state index in [-0.39, 0.29) is 0 Å². The van der Waals surface area contributed by atoms with Gasteiger partial charge in [0.25, 0.3) is 0 Å². The van der Waals surface area contributed by atoms with Crippen LogP contribution in [0.3, 0.4) is 0 Å². The normalized spacial score (nSPS) is 23.8. The summed E-state index contributed by atoms with van der Waals surface area (Å²) in [6.07, 6.45) is 0. The van der Waals surface area contributed by atoms with E-state index in [2.05, 4.69) is 43.4 Å². The molecule has 1 aliphatic rings. The first kappa shape index (κ1) is 12.0. The minimum atomic E-state index is 0.605. The van der Waals surface area contributed by atoms with Crippen molar-refractivity contribution in [2.24, 2.45) is 5.92 Å². The van der Waals surface area contributed by atoms with Gasteiger partial charge in [0.1, 0.15) is 0 Å². The standard InChI is InChI=1S/C11H25N3/c1-9(2)11(12-4)10(3)14-7-5-13-6-8-14/h9-13H,5-8H2,1-4H3. The lowest BCUT2D eigenvalue weighted by Crippen LogP contribution is -2.55. The number of hydrogen-bond acceptors (Lipinski definition) is 3. The first-order chi connectivity index (χ1) is 6.66. The third-order valence-electron chi connectivity index (χ3n) is 3.30. The van der Waals surface area contributed by atoms with Crippen molar-refractivity contribution >= 4 is 0 Å². The average Bonchev–Trinajstić information content (AvgIpc) is 2.19. The minimum absolute atomic E-state index is 0.605. The molecule has 0 saturated carbocycles. The quantitative estimate of drug-likeness (QED) is 0.691. The molecule has 1 fully saturated rings. The molecule has 3 nitrogen and oxygen atoms in total. The van der Waals surface area contributed by atoms with Crippen LogP contribution < -0.4 is 10.6 Å². The molecule has 2 unspecified atom stereocenters. The topological polar surface area (TPSA) is 27.3 Å². The van der Waals surface area contributed by atoms with Crippen LogP contribution in [0.5, 0.6) is 0 Å². The van der Waals surface area contributed by atoms with Crippen molar-refractivity contribution in [3.63, 3.8) is 0 Å². The molecule has 0 spiro atoms.